The quantitative estimate of drug-likeness (QED) is 0.268. The molecule has 0 amide bonds. The lowest BCUT2D eigenvalue weighted by molar-refractivity contribution is -0.120. The number of carbonyl (C=O) groups is 1. The van der Waals surface area contributed by atoms with Gasteiger partial charge in [-0.15, -0.1) is 11.3 Å². The molecule has 0 fully saturated rings. The molecule has 0 bridgehead atoms. The van der Waals surface area contributed by atoms with Gasteiger partial charge in [-0.2, -0.15) is 10.4 Å². The summed E-state index contributed by atoms with van der Waals surface area (Å²) in [5.41, 5.74) is 2.32. The first kappa shape index (κ1) is 29.3. The lowest BCUT2D eigenvalue weighted by atomic mass is 9.87. The van der Waals surface area contributed by atoms with Crippen molar-refractivity contribution in [2.24, 2.45) is 5.41 Å². The average molecular weight is 591 g/mol. The van der Waals surface area contributed by atoms with Crippen molar-refractivity contribution in [2.45, 2.75) is 20.8 Å². The smallest absolute Gasteiger partial charge is 0.273 e. The van der Waals surface area contributed by atoms with E-state index in [0.29, 0.717) is 33.0 Å². The molecular weight excluding hydrogens is 560 g/mol. The molecule has 0 spiro atoms. The number of Topliss-reactive ketones (excluding diaryl/α,β-unsaturated/α-hetero) is 1. The Hall–Kier alpha value is -5.20. The molecule has 9 heteroatoms. The van der Waals surface area contributed by atoms with Gasteiger partial charge in [0.15, 0.2) is 5.78 Å². The van der Waals surface area contributed by atoms with Crippen LogP contribution in [0.4, 0.5) is 0 Å². The maximum absolute atomic E-state index is 14.1. The fraction of sp³-hybridized carbons (Fsp3) is 0.176. The number of thiazole rings is 1. The zero-order valence-electron chi connectivity index (χ0n) is 24.5. The zero-order chi connectivity index (χ0) is 30.7. The van der Waals surface area contributed by atoms with Gasteiger partial charge in [0.1, 0.15) is 33.5 Å². The maximum Gasteiger partial charge on any atom is 0.273 e. The maximum atomic E-state index is 14.1. The van der Waals surface area contributed by atoms with Crippen LogP contribution in [0.3, 0.4) is 0 Å². The topological polar surface area (TPSA) is 99.1 Å². The molecule has 2 heterocycles. The lowest BCUT2D eigenvalue weighted by Gasteiger charge is -2.15. The number of rotatable bonds is 7. The Morgan fingerprint density at radius 1 is 0.907 bits per heavy atom. The summed E-state index contributed by atoms with van der Waals surface area (Å²) in [6, 6.07) is 26.2. The van der Waals surface area contributed by atoms with E-state index in [1.165, 1.54) is 4.57 Å². The number of benzene rings is 3. The molecular formula is C34H30N4O4S. The SMILES string of the molecule is COc1ccc(-c2nn(-c3ccccc3)cc2C=c2sc(=C(C#N)C(=O)C(C)(C)C)n(-c3ccc(OC)cc3)c2=O)cc1. The van der Waals surface area contributed by atoms with E-state index in [2.05, 4.69) is 6.07 Å². The van der Waals surface area contributed by atoms with Crippen LogP contribution in [0.2, 0.25) is 0 Å². The highest BCUT2D eigenvalue weighted by Gasteiger charge is 2.27. The zero-order valence-corrected chi connectivity index (χ0v) is 25.3. The van der Waals surface area contributed by atoms with Crippen LogP contribution < -0.4 is 24.2 Å². The largest absolute Gasteiger partial charge is 0.497 e. The standard InChI is InChI=1S/C34H30N4O4S/c1-34(2,3)31(39)28(20-35)33-38(25-13-17-27(42-5)18-14-25)32(40)29(43-33)19-23-21-37(24-9-7-6-8-10-24)36-30(23)22-11-15-26(41-4)16-12-22/h6-19,21H,1-5H3. The van der Waals surface area contributed by atoms with E-state index in [0.717, 1.165) is 22.6 Å². The molecule has 0 aliphatic carbocycles. The van der Waals surface area contributed by atoms with Gasteiger partial charge >= 0.3 is 0 Å². The van der Waals surface area contributed by atoms with Crippen molar-refractivity contribution in [3.8, 4) is 40.2 Å². The second kappa shape index (κ2) is 12.0. The van der Waals surface area contributed by atoms with Gasteiger partial charge in [-0.3, -0.25) is 14.2 Å². The summed E-state index contributed by atoms with van der Waals surface area (Å²) in [7, 11) is 3.17. The molecule has 216 valence electrons. The van der Waals surface area contributed by atoms with Crippen LogP contribution in [0.1, 0.15) is 26.3 Å². The molecule has 0 aliphatic rings. The third-order valence-corrected chi connectivity index (χ3v) is 7.89. The molecule has 0 atom stereocenters. The highest BCUT2D eigenvalue weighted by atomic mass is 32.1. The molecule has 2 aromatic heterocycles. The highest BCUT2D eigenvalue weighted by molar-refractivity contribution is 7.07. The van der Waals surface area contributed by atoms with Gasteiger partial charge in [-0.05, 0) is 66.7 Å². The molecule has 5 rings (SSSR count). The van der Waals surface area contributed by atoms with Crippen LogP contribution in [-0.4, -0.2) is 34.4 Å². The number of aromatic nitrogens is 3. The van der Waals surface area contributed by atoms with E-state index < -0.39 is 5.41 Å². The van der Waals surface area contributed by atoms with Gasteiger partial charge in [-0.1, -0.05) is 39.0 Å². The van der Waals surface area contributed by atoms with Crippen LogP contribution in [0.15, 0.2) is 89.9 Å². The predicted octanol–water partition coefficient (Wildman–Crippen LogP) is 4.89. The molecule has 0 saturated carbocycles. The summed E-state index contributed by atoms with van der Waals surface area (Å²) >= 11 is 1.10. The van der Waals surface area contributed by atoms with Crippen LogP contribution in [0.5, 0.6) is 11.5 Å². The molecule has 0 radical (unpaired) electrons. The van der Waals surface area contributed by atoms with Crippen LogP contribution in [-0.2, 0) is 4.79 Å². The molecule has 5 aromatic rings. The van der Waals surface area contributed by atoms with Gasteiger partial charge in [0, 0.05) is 22.7 Å². The van der Waals surface area contributed by atoms with Gasteiger partial charge < -0.3 is 9.47 Å². The van der Waals surface area contributed by atoms with Gasteiger partial charge in [-0.25, -0.2) is 4.68 Å². The van der Waals surface area contributed by atoms with Crippen molar-refractivity contribution < 1.29 is 14.3 Å². The van der Waals surface area contributed by atoms with Crippen LogP contribution in [0, 0.1) is 16.7 Å². The number of carbonyl (C=O) groups excluding carboxylic acids is 1. The molecule has 8 nitrogen and oxygen atoms in total. The molecule has 0 saturated heterocycles. The predicted molar refractivity (Wildman–Crippen MR) is 168 cm³/mol. The Morgan fingerprint density at radius 2 is 1.51 bits per heavy atom. The Labute approximate surface area is 253 Å². The Morgan fingerprint density at radius 3 is 2.07 bits per heavy atom. The summed E-state index contributed by atoms with van der Waals surface area (Å²) < 4.78 is 14.4. The third kappa shape index (κ3) is 5.92. The molecule has 3 aromatic carbocycles. The first-order valence-electron chi connectivity index (χ1n) is 13.5. The Balaban J connectivity index is 1.81. The highest BCUT2D eigenvalue weighted by Crippen LogP contribution is 2.26. The number of para-hydroxylation sites is 1. The fourth-order valence-electron chi connectivity index (χ4n) is 4.51. The van der Waals surface area contributed by atoms with E-state index in [4.69, 9.17) is 14.6 Å². The van der Waals surface area contributed by atoms with Crippen molar-refractivity contribution in [3.05, 3.63) is 110 Å². The molecule has 43 heavy (non-hydrogen) atoms. The van der Waals surface area contributed by atoms with Gasteiger partial charge in [0.25, 0.3) is 5.56 Å². The lowest BCUT2D eigenvalue weighted by Crippen LogP contribution is -2.33. The van der Waals surface area contributed by atoms with Crippen molar-refractivity contribution >= 4 is 28.8 Å². The number of nitriles is 1. The number of ketones is 1. The van der Waals surface area contributed by atoms with Crippen molar-refractivity contribution in [1.82, 2.24) is 14.3 Å². The third-order valence-electron chi connectivity index (χ3n) is 6.80. The van der Waals surface area contributed by atoms with E-state index >= 15 is 0 Å². The summed E-state index contributed by atoms with van der Waals surface area (Å²) in [5, 5.41) is 15.0. The summed E-state index contributed by atoms with van der Waals surface area (Å²) in [6.07, 6.45) is 3.62. The minimum Gasteiger partial charge on any atom is -0.497 e. The van der Waals surface area contributed by atoms with E-state index in [1.807, 2.05) is 60.8 Å². The fourth-order valence-corrected chi connectivity index (χ4v) is 5.60. The van der Waals surface area contributed by atoms with E-state index in [-0.39, 0.29) is 21.6 Å². The van der Waals surface area contributed by atoms with Crippen molar-refractivity contribution in [2.75, 3.05) is 14.2 Å². The average Bonchev–Trinajstić information content (AvgIpc) is 3.58. The van der Waals surface area contributed by atoms with Gasteiger partial charge in [0.05, 0.1) is 30.1 Å². The van der Waals surface area contributed by atoms with E-state index in [1.54, 1.807) is 70.0 Å². The van der Waals surface area contributed by atoms with Crippen LogP contribution >= 0.6 is 11.3 Å². The summed E-state index contributed by atoms with van der Waals surface area (Å²) in [4.78, 5) is 27.5. The van der Waals surface area contributed by atoms with Crippen LogP contribution in [0.25, 0.3) is 34.3 Å². The first-order chi connectivity index (χ1) is 20.6. The molecule has 0 N–H and O–H groups in total. The van der Waals surface area contributed by atoms with E-state index in [9.17, 15) is 14.9 Å². The minimum absolute atomic E-state index is 0.0690. The number of ether oxygens (including phenoxy) is 2. The number of hydrogen-bond acceptors (Lipinski definition) is 7. The first-order valence-corrected chi connectivity index (χ1v) is 14.3. The summed E-state index contributed by atoms with van der Waals surface area (Å²) in [5.74, 6) is 0.985. The molecule has 0 aliphatic heterocycles. The number of nitrogens with zero attached hydrogens (tertiary/aromatic N) is 4. The second-order valence-electron chi connectivity index (χ2n) is 10.8. The minimum atomic E-state index is -0.821. The Kier molecular flexibility index (Phi) is 8.15. The Bertz CT molecular complexity index is 2010. The van der Waals surface area contributed by atoms with Crippen molar-refractivity contribution in [3.63, 3.8) is 0 Å². The monoisotopic (exact) mass is 590 g/mol. The summed E-state index contributed by atoms with van der Waals surface area (Å²) in [6.45, 7) is 5.26. The number of hydrogen-bond donors (Lipinski definition) is 0. The molecule has 0 unspecified atom stereocenters. The number of methoxy groups -OCH3 is 2. The van der Waals surface area contributed by atoms with Crippen molar-refractivity contribution in [1.29, 1.82) is 5.26 Å². The van der Waals surface area contributed by atoms with Gasteiger partial charge in [0.2, 0.25) is 0 Å². The second-order valence-corrected chi connectivity index (χ2v) is 11.8. The normalized spacial score (nSPS) is 12.5.